The molecule has 1 fully saturated rings. The van der Waals surface area contributed by atoms with E-state index in [-0.39, 0.29) is 12.2 Å². The number of methoxy groups -OCH3 is 3. The molecule has 1 saturated heterocycles. The minimum atomic E-state index is -1.09. The summed E-state index contributed by atoms with van der Waals surface area (Å²) in [4.78, 5) is 12.1. The molecule has 1 spiro atoms. The zero-order valence-corrected chi connectivity index (χ0v) is 21.6. The fraction of sp³-hybridized carbons (Fsp3) is 0.444. The molecule has 2 aliphatic rings. The molecule has 0 bridgehead atoms. The molecule has 8 nitrogen and oxygen atoms in total. The van der Waals surface area contributed by atoms with Crippen LogP contribution in [-0.4, -0.2) is 51.6 Å². The first kappa shape index (κ1) is 26.4. The molecule has 0 N–H and O–H groups in total. The molecule has 1 aromatic rings. The highest BCUT2D eigenvalue weighted by Crippen LogP contribution is 2.46. The van der Waals surface area contributed by atoms with Crippen molar-refractivity contribution in [2.75, 3.05) is 27.9 Å². The standard InChI is InChI=1S/C27H34O8/c1-17(2)13-24-34-26(4,5)27(35-24)16-32-22-12-10-19(14-23(22)33-27)9-11-21(30-7)18(3)20(15-29-6)25(28)31-8/h9-15,24H,16H2,1-8H3/b11-9+,20-15+,21-18+/t24-,27+/m0/s1. The highest BCUT2D eigenvalue weighted by Gasteiger charge is 2.60. The van der Waals surface area contributed by atoms with Crippen molar-refractivity contribution in [2.45, 2.75) is 52.3 Å². The van der Waals surface area contributed by atoms with Crippen molar-refractivity contribution in [3.8, 4) is 11.5 Å². The summed E-state index contributed by atoms with van der Waals surface area (Å²) in [6.07, 6.45) is 6.32. The lowest BCUT2D eigenvalue weighted by atomic mass is 9.97. The second-order valence-electron chi connectivity index (χ2n) is 8.99. The molecule has 8 heteroatoms. The van der Waals surface area contributed by atoms with Crippen LogP contribution in [0.25, 0.3) is 6.08 Å². The SMILES string of the molecule is CO\C=C(C(=O)OC)/C(C)=C(\C=C\c1ccc2c(c1)O[C@]1(CO2)O[C@@H](C=C(C)C)OC1(C)C)OC. The summed E-state index contributed by atoms with van der Waals surface area (Å²) in [6.45, 7) is 9.78. The number of hydrogen-bond donors (Lipinski definition) is 0. The van der Waals surface area contributed by atoms with Crippen molar-refractivity contribution in [3.05, 3.63) is 64.7 Å². The van der Waals surface area contributed by atoms with E-state index in [9.17, 15) is 4.79 Å². The highest BCUT2D eigenvalue weighted by molar-refractivity contribution is 5.93. The predicted molar refractivity (Wildman–Crippen MR) is 131 cm³/mol. The van der Waals surface area contributed by atoms with Crippen LogP contribution >= 0.6 is 0 Å². The molecule has 0 radical (unpaired) electrons. The van der Waals surface area contributed by atoms with Crippen molar-refractivity contribution < 1.29 is 38.0 Å². The number of ether oxygens (including phenoxy) is 7. The Balaban J connectivity index is 1.89. The predicted octanol–water partition coefficient (Wildman–Crippen LogP) is 4.91. The maximum atomic E-state index is 12.1. The van der Waals surface area contributed by atoms with Crippen molar-refractivity contribution in [2.24, 2.45) is 0 Å². The van der Waals surface area contributed by atoms with Crippen molar-refractivity contribution in [1.82, 2.24) is 0 Å². The van der Waals surface area contributed by atoms with E-state index in [1.54, 1.807) is 13.0 Å². The zero-order valence-electron chi connectivity index (χ0n) is 21.6. The van der Waals surface area contributed by atoms with Gasteiger partial charge >= 0.3 is 5.97 Å². The van der Waals surface area contributed by atoms with Crippen LogP contribution in [-0.2, 0) is 28.5 Å². The van der Waals surface area contributed by atoms with Crippen LogP contribution in [0, 0.1) is 0 Å². The molecule has 35 heavy (non-hydrogen) atoms. The second kappa shape index (κ2) is 10.6. The van der Waals surface area contributed by atoms with Gasteiger partial charge in [-0.3, -0.25) is 0 Å². The molecule has 2 atom stereocenters. The van der Waals surface area contributed by atoms with Gasteiger partial charge in [-0.15, -0.1) is 0 Å². The van der Waals surface area contributed by atoms with Crippen LogP contribution < -0.4 is 9.47 Å². The van der Waals surface area contributed by atoms with Gasteiger partial charge in [0.25, 0.3) is 5.79 Å². The maximum absolute atomic E-state index is 12.1. The van der Waals surface area contributed by atoms with Crippen molar-refractivity contribution >= 4 is 12.0 Å². The summed E-state index contributed by atoms with van der Waals surface area (Å²) in [5, 5.41) is 0. The summed E-state index contributed by atoms with van der Waals surface area (Å²) < 4.78 is 40.0. The number of carbonyl (C=O) groups is 1. The normalized spacial score (nSPS) is 23.7. The van der Waals surface area contributed by atoms with Gasteiger partial charge in [-0.2, -0.15) is 0 Å². The number of hydrogen-bond acceptors (Lipinski definition) is 8. The van der Waals surface area contributed by atoms with Crippen LogP contribution in [0.1, 0.15) is 40.2 Å². The third-order valence-electron chi connectivity index (χ3n) is 5.83. The van der Waals surface area contributed by atoms with E-state index in [4.69, 9.17) is 33.2 Å². The fourth-order valence-corrected chi connectivity index (χ4v) is 3.80. The minimum Gasteiger partial charge on any atom is -0.503 e. The number of allylic oxidation sites excluding steroid dienone is 2. The Morgan fingerprint density at radius 2 is 1.80 bits per heavy atom. The van der Waals surface area contributed by atoms with Gasteiger partial charge in [-0.05, 0) is 64.5 Å². The van der Waals surface area contributed by atoms with Gasteiger partial charge in [-0.1, -0.05) is 17.7 Å². The Labute approximate surface area is 206 Å². The van der Waals surface area contributed by atoms with Crippen molar-refractivity contribution in [1.29, 1.82) is 0 Å². The van der Waals surface area contributed by atoms with E-state index < -0.39 is 23.6 Å². The van der Waals surface area contributed by atoms with Gasteiger partial charge in [0.1, 0.15) is 16.9 Å². The molecule has 190 valence electrons. The van der Waals surface area contributed by atoms with E-state index in [0.29, 0.717) is 22.8 Å². The lowest BCUT2D eigenvalue weighted by molar-refractivity contribution is -0.216. The largest absolute Gasteiger partial charge is 0.503 e. The highest BCUT2D eigenvalue weighted by atomic mass is 16.8. The number of benzene rings is 1. The van der Waals surface area contributed by atoms with E-state index in [2.05, 4.69) is 0 Å². The molecule has 0 amide bonds. The van der Waals surface area contributed by atoms with E-state index in [0.717, 1.165) is 11.1 Å². The lowest BCUT2D eigenvalue weighted by Gasteiger charge is -2.40. The molecule has 0 aromatic heterocycles. The average molecular weight is 487 g/mol. The number of esters is 1. The van der Waals surface area contributed by atoms with E-state index in [1.807, 2.05) is 58.0 Å². The molecular weight excluding hydrogens is 452 g/mol. The van der Waals surface area contributed by atoms with E-state index in [1.165, 1.54) is 27.6 Å². The molecule has 0 saturated carbocycles. The first-order valence-corrected chi connectivity index (χ1v) is 11.3. The Hall–Kier alpha value is -3.23. The fourth-order valence-electron chi connectivity index (χ4n) is 3.80. The van der Waals surface area contributed by atoms with Gasteiger partial charge in [-0.25, -0.2) is 4.79 Å². The summed E-state index contributed by atoms with van der Waals surface area (Å²) in [5.41, 5.74) is 2.00. The lowest BCUT2D eigenvalue weighted by Crippen LogP contribution is -2.58. The second-order valence-corrected chi connectivity index (χ2v) is 8.99. The molecule has 1 aromatic carbocycles. The molecule has 3 rings (SSSR count). The quantitative estimate of drug-likeness (QED) is 0.177. The van der Waals surface area contributed by atoms with Gasteiger partial charge in [0, 0.05) is 5.57 Å². The first-order chi connectivity index (χ1) is 16.6. The van der Waals surface area contributed by atoms with Gasteiger partial charge in [0.2, 0.25) is 0 Å². The Morgan fingerprint density at radius 3 is 2.43 bits per heavy atom. The Bertz CT molecular complexity index is 1070. The number of carbonyl (C=O) groups excluding carboxylic acids is 1. The van der Waals surface area contributed by atoms with Crippen LogP contribution in [0.15, 0.2) is 59.1 Å². The molecule has 2 heterocycles. The zero-order chi connectivity index (χ0) is 25.8. The summed E-state index contributed by atoms with van der Waals surface area (Å²) in [5.74, 6) is 0.0238. The third kappa shape index (κ3) is 5.55. The average Bonchev–Trinajstić information content (AvgIpc) is 3.04. The van der Waals surface area contributed by atoms with E-state index >= 15 is 0 Å². The summed E-state index contributed by atoms with van der Waals surface area (Å²) >= 11 is 0. The van der Waals surface area contributed by atoms with Crippen LogP contribution in [0.2, 0.25) is 0 Å². The number of rotatable bonds is 7. The van der Waals surface area contributed by atoms with Gasteiger partial charge < -0.3 is 33.2 Å². The van der Waals surface area contributed by atoms with Crippen LogP contribution in [0.3, 0.4) is 0 Å². The summed E-state index contributed by atoms with van der Waals surface area (Å²) in [6, 6.07) is 5.59. The van der Waals surface area contributed by atoms with Crippen molar-refractivity contribution in [3.63, 3.8) is 0 Å². The molecular formula is C27H34O8. The number of fused-ring (bicyclic) bond motifs is 1. The smallest absolute Gasteiger partial charge is 0.341 e. The van der Waals surface area contributed by atoms with Crippen LogP contribution in [0.4, 0.5) is 0 Å². The van der Waals surface area contributed by atoms with Crippen LogP contribution in [0.5, 0.6) is 11.5 Å². The Morgan fingerprint density at radius 1 is 1.06 bits per heavy atom. The minimum absolute atomic E-state index is 0.202. The molecule has 0 unspecified atom stereocenters. The first-order valence-electron chi connectivity index (χ1n) is 11.3. The molecule has 2 aliphatic heterocycles. The van der Waals surface area contributed by atoms with Gasteiger partial charge in [0.15, 0.2) is 24.4 Å². The maximum Gasteiger partial charge on any atom is 0.341 e. The third-order valence-corrected chi connectivity index (χ3v) is 5.83. The Kier molecular flexibility index (Phi) is 7.97. The summed E-state index contributed by atoms with van der Waals surface area (Å²) in [7, 11) is 4.30. The topological polar surface area (TPSA) is 81.7 Å². The van der Waals surface area contributed by atoms with Gasteiger partial charge in [0.05, 0.1) is 27.6 Å². The molecule has 0 aliphatic carbocycles. The monoisotopic (exact) mass is 486 g/mol.